The van der Waals surface area contributed by atoms with Crippen molar-refractivity contribution < 1.29 is 32.7 Å². The Morgan fingerprint density at radius 3 is 2.72 bits per heavy atom. The van der Waals surface area contributed by atoms with Gasteiger partial charge in [0, 0.05) is 34.6 Å². The van der Waals surface area contributed by atoms with Crippen LogP contribution in [0, 0.1) is 12.7 Å². The molecule has 10 nitrogen and oxygen atoms in total. The van der Waals surface area contributed by atoms with E-state index in [0.29, 0.717) is 23.0 Å². The maximum atomic E-state index is 16.2. The molecule has 5 rings (SSSR count). The van der Waals surface area contributed by atoms with Gasteiger partial charge < -0.3 is 20.3 Å². The van der Waals surface area contributed by atoms with Crippen molar-refractivity contribution in [1.82, 2.24) is 25.2 Å². The first-order valence-electron chi connectivity index (χ1n) is 16.3. The van der Waals surface area contributed by atoms with Crippen LogP contribution in [0.4, 0.5) is 8.78 Å². The topological polar surface area (TPSA) is 130 Å². The molecule has 3 aliphatic rings. The lowest BCUT2D eigenvalue weighted by Crippen LogP contribution is -2.53. The average Bonchev–Trinajstić information content (AvgIpc) is 3.67. The molecule has 2 aromatic rings. The van der Waals surface area contributed by atoms with E-state index in [2.05, 4.69) is 34.2 Å². The Bertz CT molecular complexity index is 1550. The molecule has 4 atom stereocenters. The molecule has 1 aromatic carbocycles. The van der Waals surface area contributed by atoms with E-state index < -0.39 is 41.5 Å². The molecule has 1 spiro atoms. The number of rotatable bonds is 14. The van der Waals surface area contributed by atoms with Gasteiger partial charge >= 0.3 is 0 Å². The summed E-state index contributed by atoms with van der Waals surface area (Å²) in [4.78, 5) is 57.3. The number of amides is 4. The number of allylic oxidation sites excluding steroid dienone is 1. The van der Waals surface area contributed by atoms with Gasteiger partial charge in [0.25, 0.3) is 5.91 Å². The third kappa shape index (κ3) is 8.05. The second kappa shape index (κ2) is 14.6. The number of unbranched alkanes of at least 4 members (excludes halogenated alkanes) is 3. The molecule has 1 saturated carbocycles. The summed E-state index contributed by atoms with van der Waals surface area (Å²) < 4.78 is 39.5. The van der Waals surface area contributed by atoms with Crippen LogP contribution in [0.15, 0.2) is 30.4 Å². The molecular weight excluding hydrogens is 628 g/mol. The maximum absolute atomic E-state index is 16.2. The number of ether oxygens (including phenoxy) is 1. The fourth-order valence-electron chi connectivity index (χ4n) is 6.28. The number of aromatic nitrogens is 1. The number of nitrogens with zero attached hydrogens (tertiary/aromatic N) is 2. The highest BCUT2D eigenvalue weighted by Gasteiger charge is 2.54. The monoisotopic (exact) mass is 671 g/mol. The molecule has 4 unspecified atom stereocenters. The molecule has 0 bridgehead atoms. The van der Waals surface area contributed by atoms with Crippen molar-refractivity contribution in [3.05, 3.63) is 47.4 Å². The summed E-state index contributed by atoms with van der Waals surface area (Å²) in [5, 5.41) is 5.63. The zero-order chi connectivity index (χ0) is 33.8. The van der Waals surface area contributed by atoms with Crippen molar-refractivity contribution in [2.24, 2.45) is 0 Å². The Morgan fingerprint density at radius 1 is 1.21 bits per heavy atom. The van der Waals surface area contributed by atoms with Gasteiger partial charge in [-0.25, -0.2) is 13.8 Å². The first kappa shape index (κ1) is 34.6. The van der Waals surface area contributed by atoms with Crippen LogP contribution < -0.4 is 20.1 Å². The molecule has 254 valence electrons. The molecule has 1 aliphatic carbocycles. The molecule has 13 heteroatoms. The molecule has 1 saturated heterocycles. The van der Waals surface area contributed by atoms with Gasteiger partial charge in [-0.05, 0) is 70.0 Å². The summed E-state index contributed by atoms with van der Waals surface area (Å²) in [7, 11) is 0. The van der Waals surface area contributed by atoms with Crippen LogP contribution >= 0.6 is 11.9 Å². The van der Waals surface area contributed by atoms with Crippen molar-refractivity contribution in [3.63, 3.8) is 0 Å². The number of carbonyl (C=O) groups is 4. The molecule has 1 aromatic heterocycles. The van der Waals surface area contributed by atoms with E-state index in [9.17, 15) is 23.6 Å². The van der Waals surface area contributed by atoms with Crippen LogP contribution in [-0.2, 0) is 19.2 Å². The number of hydrogen-bond donors (Lipinski definition) is 3. The van der Waals surface area contributed by atoms with Crippen LogP contribution in [0.1, 0.15) is 89.1 Å². The van der Waals surface area contributed by atoms with Crippen LogP contribution in [-0.4, -0.2) is 69.5 Å². The Labute approximate surface area is 278 Å². The maximum Gasteiger partial charge on any atom is 0.252 e. The summed E-state index contributed by atoms with van der Waals surface area (Å²) in [6.45, 7) is 5.35. The summed E-state index contributed by atoms with van der Waals surface area (Å²) in [5.74, 6) is -1.75. The predicted molar refractivity (Wildman–Crippen MR) is 176 cm³/mol. The lowest BCUT2D eigenvalue weighted by Gasteiger charge is -2.38. The zero-order valence-corrected chi connectivity index (χ0v) is 27.9. The molecule has 4 amide bonds. The summed E-state index contributed by atoms with van der Waals surface area (Å²) in [5.41, 5.74) is -0.353. The SMILES string of the molecule is CCCCC/C=C\CC(NC(=O)C1CC2(CC(F)c3c(c(C)nc4cc(F)ccc34)O2)CN1C(=O)CNC=O)C(=O)NSC1(C)CC1. The number of carbonyl (C=O) groups excluding carboxylic acids is 4. The normalized spacial score (nSPS) is 23.3. The van der Waals surface area contributed by atoms with Gasteiger partial charge in [0.05, 0.1) is 24.3 Å². The van der Waals surface area contributed by atoms with Crippen molar-refractivity contribution in [3.8, 4) is 5.75 Å². The van der Waals surface area contributed by atoms with Gasteiger partial charge in [0.15, 0.2) is 0 Å². The first-order valence-corrected chi connectivity index (χ1v) is 17.1. The Hall–Kier alpha value is -3.74. The van der Waals surface area contributed by atoms with Crippen molar-refractivity contribution in [2.75, 3.05) is 13.1 Å². The molecule has 2 aliphatic heterocycles. The van der Waals surface area contributed by atoms with Gasteiger partial charge in [-0.2, -0.15) is 0 Å². The molecule has 47 heavy (non-hydrogen) atoms. The zero-order valence-electron chi connectivity index (χ0n) is 27.1. The number of alkyl halides is 1. The first-order chi connectivity index (χ1) is 22.5. The van der Waals surface area contributed by atoms with Crippen LogP contribution in [0.3, 0.4) is 0 Å². The Morgan fingerprint density at radius 2 is 2.00 bits per heavy atom. The van der Waals surface area contributed by atoms with Gasteiger partial charge in [0.2, 0.25) is 18.2 Å². The van der Waals surface area contributed by atoms with E-state index in [1.807, 2.05) is 12.2 Å². The highest BCUT2D eigenvalue weighted by atomic mass is 32.2. The fourth-order valence-corrected chi connectivity index (χ4v) is 7.08. The van der Waals surface area contributed by atoms with E-state index in [-0.39, 0.29) is 54.3 Å². The number of halogens is 2. The van der Waals surface area contributed by atoms with E-state index in [0.717, 1.165) is 38.5 Å². The lowest BCUT2D eigenvalue weighted by atomic mass is 9.86. The van der Waals surface area contributed by atoms with Crippen LogP contribution in [0.5, 0.6) is 5.75 Å². The number of aryl methyl sites for hydroxylation is 1. The van der Waals surface area contributed by atoms with Gasteiger partial charge in [-0.3, -0.25) is 23.9 Å². The second-order valence-corrected chi connectivity index (χ2v) is 14.5. The molecular formula is C34H43F2N5O5S. The third-order valence-electron chi connectivity index (χ3n) is 9.15. The third-order valence-corrected chi connectivity index (χ3v) is 10.4. The number of hydrogen-bond acceptors (Lipinski definition) is 7. The van der Waals surface area contributed by atoms with Crippen molar-refractivity contribution in [2.45, 2.75) is 107 Å². The summed E-state index contributed by atoms with van der Waals surface area (Å²) >= 11 is 1.35. The Balaban J connectivity index is 1.39. The van der Waals surface area contributed by atoms with E-state index in [4.69, 9.17) is 4.74 Å². The fraction of sp³-hybridized carbons (Fsp3) is 0.559. The highest BCUT2D eigenvalue weighted by molar-refractivity contribution is 7.99. The van der Waals surface area contributed by atoms with E-state index >= 15 is 4.39 Å². The van der Waals surface area contributed by atoms with Gasteiger partial charge in [-0.15, -0.1) is 0 Å². The van der Waals surface area contributed by atoms with Crippen molar-refractivity contribution >= 4 is 47.0 Å². The molecule has 2 fully saturated rings. The summed E-state index contributed by atoms with van der Waals surface area (Å²) in [6.07, 6.45) is 8.85. The Kier molecular flexibility index (Phi) is 10.7. The average molecular weight is 672 g/mol. The minimum Gasteiger partial charge on any atom is -0.483 e. The smallest absolute Gasteiger partial charge is 0.252 e. The number of likely N-dealkylation sites (tertiary alicyclic amines) is 1. The molecule has 3 heterocycles. The van der Waals surface area contributed by atoms with Gasteiger partial charge in [-0.1, -0.05) is 31.9 Å². The molecule has 0 radical (unpaired) electrons. The van der Waals surface area contributed by atoms with Crippen molar-refractivity contribution in [1.29, 1.82) is 0 Å². The van der Waals surface area contributed by atoms with Crippen LogP contribution in [0.25, 0.3) is 10.9 Å². The van der Waals surface area contributed by atoms with Gasteiger partial charge in [0.1, 0.15) is 35.4 Å². The number of pyridine rings is 1. The summed E-state index contributed by atoms with van der Waals surface area (Å²) in [6, 6.07) is 1.96. The number of benzene rings is 1. The molecule has 3 N–H and O–H groups in total. The number of nitrogens with one attached hydrogen (secondary N) is 3. The minimum atomic E-state index is -1.54. The second-order valence-electron chi connectivity index (χ2n) is 13.1. The lowest BCUT2D eigenvalue weighted by molar-refractivity contribution is -0.139. The van der Waals surface area contributed by atoms with E-state index in [1.165, 1.54) is 35.0 Å². The highest BCUT2D eigenvalue weighted by Crippen LogP contribution is 2.50. The standard InChI is InChI=1S/C34H43F2N5O5S/c1-4-5-6-7-8-9-10-25(31(44)40-47-33(3)13-14-33)39-32(45)27-17-34(19-41(27)28(43)18-37-20-42)16-24(36)29-23-12-11-22(35)15-26(23)38-21(2)30(29)46-34/h8-9,11-12,15,20,24-25,27H,4-7,10,13-14,16-19H2,1-3H3,(H,37,42)(H,39,45)(H,40,44)/b9-8-. The van der Waals surface area contributed by atoms with Crippen LogP contribution in [0.2, 0.25) is 0 Å². The minimum absolute atomic E-state index is 0.0170. The predicted octanol–water partition coefficient (Wildman–Crippen LogP) is 4.89. The van der Waals surface area contributed by atoms with E-state index in [1.54, 1.807) is 6.92 Å². The largest absolute Gasteiger partial charge is 0.483 e. The quantitative estimate of drug-likeness (QED) is 0.113. The number of fused-ring (bicyclic) bond motifs is 3.